The van der Waals surface area contributed by atoms with Gasteiger partial charge in [0.2, 0.25) is 5.91 Å². The summed E-state index contributed by atoms with van der Waals surface area (Å²) in [7, 11) is 0. The van der Waals surface area contributed by atoms with Gasteiger partial charge in [0, 0.05) is 11.8 Å². The predicted molar refractivity (Wildman–Crippen MR) is 140 cm³/mol. The van der Waals surface area contributed by atoms with Gasteiger partial charge in [0.1, 0.15) is 5.52 Å². The molecule has 6 nitrogen and oxygen atoms in total. The predicted octanol–water partition coefficient (Wildman–Crippen LogP) is 6.72. The fourth-order valence-corrected chi connectivity index (χ4v) is 5.10. The third-order valence-electron chi connectivity index (χ3n) is 7.02. The molecular formula is C30H28N2O4. The summed E-state index contributed by atoms with van der Waals surface area (Å²) in [6, 6.07) is 21.7. The van der Waals surface area contributed by atoms with Crippen molar-refractivity contribution in [3.05, 3.63) is 90.3 Å². The first kappa shape index (κ1) is 23.5. The summed E-state index contributed by atoms with van der Waals surface area (Å²) in [5, 5.41) is 12.0. The third kappa shape index (κ3) is 5.23. The monoisotopic (exact) mass is 480 g/mol. The number of benzene rings is 3. The molecule has 0 saturated heterocycles. The van der Waals surface area contributed by atoms with Gasteiger partial charge in [-0.2, -0.15) is 0 Å². The lowest BCUT2D eigenvalue weighted by Crippen LogP contribution is -2.40. The van der Waals surface area contributed by atoms with Crippen molar-refractivity contribution in [3.63, 3.8) is 0 Å². The second kappa shape index (κ2) is 10.2. The summed E-state index contributed by atoms with van der Waals surface area (Å²) in [4.78, 5) is 28.6. The Morgan fingerprint density at radius 3 is 2.53 bits per heavy atom. The Bertz CT molecular complexity index is 1410. The fourth-order valence-electron chi connectivity index (χ4n) is 5.10. The number of hydrogen-bond acceptors (Lipinski definition) is 4. The van der Waals surface area contributed by atoms with E-state index in [-0.39, 0.29) is 5.91 Å². The number of hydrogen-bond donors (Lipinski definition) is 2. The number of carbonyl (C=O) groups excluding carboxylic acids is 1. The number of aliphatic carboxylic acids is 1. The summed E-state index contributed by atoms with van der Waals surface area (Å²) < 4.78 is 5.44. The molecule has 2 N–H and O–H groups in total. The molecule has 0 spiro atoms. The van der Waals surface area contributed by atoms with Gasteiger partial charge in [-0.3, -0.25) is 4.79 Å². The Balaban J connectivity index is 1.34. The Kier molecular flexibility index (Phi) is 6.67. The first-order valence-electron chi connectivity index (χ1n) is 12.3. The first-order chi connectivity index (χ1) is 17.5. The van der Waals surface area contributed by atoms with Gasteiger partial charge in [-0.15, -0.1) is 0 Å². The number of nitrogens with one attached hydrogen (secondary N) is 1. The molecule has 182 valence electrons. The lowest BCUT2D eigenvalue weighted by molar-refractivity contribution is -0.131. The molecule has 1 heterocycles. The van der Waals surface area contributed by atoms with Crippen LogP contribution in [-0.4, -0.2) is 22.0 Å². The van der Waals surface area contributed by atoms with Crippen molar-refractivity contribution in [3.8, 4) is 11.1 Å². The normalized spacial score (nSPS) is 15.2. The zero-order chi connectivity index (χ0) is 25.0. The Morgan fingerprint density at radius 2 is 1.75 bits per heavy atom. The van der Waals surface area contributed by atoms with E-state index < -0.39 is 11.4 Å². The molecule has 0 unspecified atom stereocenters. The van der Waals surface area contributed by atoms with Crippen LogP contribution in [0.15, 0.2) is 83.6 Å². The van der Waals surface area contributed by atoms with E-state index in [0.717, 1.165) is 71.5 Å². The molecule has 1 aliphatic carbocycles. The highest BCUT2D eigenvalue weighted by Gasteiger charge is 2.39. The number of amides is 1. The van der Waals surface area contributed by atoms with Gasteiger partial charge < -0.3 is 14.8 Å². The topological polar surface area (TPSA) is 92.4 Å². The molecule has 0 bridgehead atoms. The Hall–Kier alpha value is -4.19. The van der Waals surface area contributed by atoms with E-state index in [1.54, 1.807) is 6.07 Å². The van der Waals surface area contributed by atoms with E-state index in [4.69, 9.17) is 9.52 Å². The molecule has 4 aromatic rings. The zero-order valence-electron chi connectivity index (χ0n) is 19.9. The summed E-state index contributed by atoms with van der Waals surface area (Å²) in [6.07, 6.45) is 9.66. The molecule has 0 aliphatic heterocycles. The number of rotatable bonds is 7. The van der Waals surface area contributed by atoms with Crippen molar-refractivity contribution in [1.82, 2.24) is 4.98 Å². The maximum Gasteiger partial charge on any atom is 0.328 e. The first-order valence-corrected chi connectivity index (χ1v) is 12.3. The summed E-state index contributed by atoms with van der Waals surface area (Å²) in [5.74, 6) is -0.975. The van der Waals surface area contributed by atoms with Gasteiger partial charge in [0.25, 0.3) is 0 Å². The number of aromatic nitrogens is 1. The lowest BCUT2D eigenvalue weighted by atomic mass is 9.69. The maximum atomic E-state index is 13.6. The van der Waals surface area contributed by atoms with Gasteiger partial charge in [-0.05, 0) is 71.9 Å². The summed E-state index contributed by atoms with van der Waals surface area (Å²) in [5.41, 5.74) is 5.82. The molecular weight excluding hydrogens is 452 g/mol. The molecule has 1 amide bonds. The number of oxazole rings is 1. The lowest BCUT2D eigenvalue weighted by Gasteiger charge is -2.36. The molecule has 0 atom stereocenters. The van der Waals surface area contributed by atoms with Gasteiger partial charge in [-0.25, -0.2) is 9.78 Å². The standard InChI is InChI=1S/C30H28N2O4/c33-28(34)14-9-21-5-4-6-25(17-21)32-29(35)30(15-2-1-3-16-30)19-22-7-10-23(11-8-22)24-12-13-26-27(18-24)36-20-31-26/h4-14,17-18,20H,1-3,15-16,19H2,(H,32,35)(H,33,34)/b14-9+. The largest absolute Gasteiger partial charge is 0.478 e. The van der Waals surface area contributed by atoms with E-state index >= 15 is 0 Å². The second-order valence-corrected chi connectivity index (χ2v) is 9.50. The molecule has 36 heavy (non-hydrogen) atoms. The van der Waals surface area contributed by atoms with Crippen LogP contribution in [0.3, 0.4) is 0 Å². The van der Waals surface area contributed by atoms with E-state index in [0.29, 0.717) is 12.1 Å². The number of carbonyl (C=O) groups is 2. The number of fused-ring (bicyclic) bond motifs is 1. The van der Waals surface area contributed by atoms with Crippen LogP contribution in [0.4, 0.5) is 5.69 Å². The van der Waals surface area contributed by atoms with Crippen LogP contribution >= 0.6 is 0 Å². The van der Waals surface area contributed by atoms with Crippen LogP contribution in [-0.2, 0) is 16.0 Å². The van der Waals surface area contributed by atoms with Crippen LogP contribution in [0.2, 0.25) is 0 Å². The Morgan fingerprint density at radius 1 is 0.972 bits per heavy atom. The molecule has 5 rings (SSSR count). The molecule has 6 heteroatoms. The number of carboxylic acids is 1. The van der Waals surface area contributed by atoms with Crippen molar-refractivity contribution in [2.75, 3.05) is 5.32 Å². The summed E-state index contributed by atoms with van der Waals surface area (Å²) >= 11 is 0. The number of anilines is 1. The van der Waals surface area contributed by atoms with Crippen LogP contribution in [0, 0.1) is 5.41 Å². The van der Waals surface area contributed by atoms with E-state index in [1.165, 1.54) is 12.5 Å². The van der Waals surface area contributed by atoms with Crippen molar-refractivity contribution in [1.29, 1.82) is 0 Å². The number of nitrogens with zero attached hydrogens (tertiary/aromatic N) is 1. The van der Waals surface area contributed by atoms with E-state index in [9.17, 15) is 9.59 Å². The van der Waals surface area contributed by atoms with Crippen LogP contribution in [0.5, 0.6) is 0 Å². The average molecular weight is 481 g/mol. The minimum absolute atomic E-state index is 0.0291. The molecule has 1 saturated carbocycles. The van der Waals surface area contributed by atoms with Crippen molar-refractivity contribution in [2.45, 2.75) is 38.5 Å². The smallest absolute Gasteiger partial charge is 0.328 e. The highest BCUT2D eigenvalue weighted by Crippen LogP contribution is 2.41. The second-order valence-electron chi connectivity index (χ2n) is 9.50. The van der Waals surface area contributed by atoms with Crippen molar-refractivity contribution >= 4 is 34.7 Å². The molecule has 1 aromatic heterocycles. The van der Waals surface area contributed by atoms with Crippen molar-refractivity contribution in [2.24, 2.45) is 5.41 Å². The maximum absolute atomic E-state index is 13.6. The molecule has 0 radical (unpaired) electrons. The molecule has 3 aromatic carbocycles. The summed E-state index contributed by atoms with van der Waals surface area (Å²) in [6.45, 7) is 0. The highest BCUT2D eigenvalue weighted by molar-refractivity contribution is 5.96. The molecule has 1 aliphatic rings. The quantitative estimate of drug-likeness (QED) is 0.286. The van der Waals surface area contributed by atoms with Crippen LogP contribution in [0.25, 0.3) is 28.3 Å². The SMILES string of the molecule is O=C(O)/C=C/c1cccc(NC(=O)C2(Cc3ccc(-c4ccc5ncoc5c4)cc3)CCCCC2)c1. The van der Waals surface area contributed by atoms with E-state index in [1.807, 2.05) is 36.4 Å². The number of carboxylic acid groups (broad SMARTS) is 1. The minimum Gasteiger partial charge on any atom is -0.478 e. The van der Waals surface area contributed by atoms with Gasteiger partial charge in [0.05, 0.1) is 5.41 Å². The zero-order valence-corrected chi connectivity index (χ0v) is 19.9. The van der Waals surface area contributed by atoms with Crippen molar-refractivity contribution < 1.29 is 19.1 Å². The molecule has 1 fully saturated rings. The highest BCUT2D eigenvalue weighted by atomic mass is 16.4. The fraction of sp³-hybridized carbons (Fsp3) is 0.233. The average Bonchev–Trinajstić information content (AvgIpc) is 3.37. The Labute approximate surface area is 209 Å². The third-order valence-corrected chi connectivity index (χ3v) is 7.02. The van der Waals surface area contributed by atoms with Gasteiger partial charge in [0.15, 0.2) is 12.0 Å². The minimum atomic E-state index is -1.00. The van der Waals surface area contributed by atoms with E-state index in [2.05, 4.69) is 34.6 Å². The van der Waals surface area contributed by atoms with Crippen LogP contribution in [0.1, 0.15) is 43.2 Å². The van der Waals surface area contributed by atoms with Gasteiger partial charge >= 0.3 is 5.97 Å². The van der Waals surface area contributed by atoms with Crippen LogP contribution < -0.4 is 5.32 Å². The van der Waals surface area contributed by atoms with Gasteiger partial charge in [-0.1, -0.05) is 61.7 Å².